The maximum Gasteiger partial charge on any atom is 0.145 e. The van der Waals surface area contributed by atoms with Crippen LogP contribution in [0.3, 0.4) is 0 Å². The number of nitrogens with zero attached hydrogens (tertiary/aromatic N) is 1. The Labute approximate surface area is 112 Å². The van der Waals surface area contributed by atoms with Crippen molar-refractivity contribution in [1.82, 2.24) is 0 Å². The Morgan fingerprint density at radius 2 is 2.00 bits per heavy atom. The second-order valence-corrected chi connectivity index (χ2v) is 7.48. The van der Waals surface area contributed by atoms with Crippen LogP contribution in [0, 0.1) is 5.82 Å². The normalized spacial score (nSPS) is 14.8. The van der Waals surface area contributed by atoms with Gasteiger partial charge in [0.25, 0.3) is 0 Å². The van der Waals surface area contributed by atoms with E-state index in [0.717, 1.165) is 0 Å². The average molecular weight is 320 g/mol. The minimum absolute atomic E-state index is 0.369. The van der Waals surface area contributed by atoms with Gasteiger partial charge in [-0.05, 0) is 45.9 Å². The lowest BCUT2D eigenvalue weighted by atomic mass is 10.1. The second kappa shape index (κ2) is 5.40. The Bertz CT molecular complexity index is 480. The summed E-state index contributed by atoms with van der Waals surface area (Å²) in [6.07, 6.45) is 0. The first-order valence-corrected chi connectivity index (χ1v) is 7.04. The van der Waals surface area contributed by atoms with Crippen molar-refractivity contribution >= 4 is 32.6 Å². The number of hydrogen-bond acceptors (Lipinski definition) is 1. The standard InChI is InChI=1S/C12H15BrFNOS/c1-8(15-17(16)12(2,3)4)10-6-5-9(13)7-11(10)14/h5-7H,1-4H3/b15-8+/t17-/m1/s1. The predicted octanol–water partition coefficient (Wildman–Crippen LogP) is 3.86. The second-order valence-electron chi connectivity index (χ2n) is 4.66. The molecule has 0 aliphatic carbocycles. The van der Waals surface area contributed by atoms with Crippen molar-refractivity contribution in [3.05, 3.63) is 34.1 Å². The van der Waals surface area contributed by atoms with Crippen LogP contribution in [0.4, 0.5) is 4.39 Å². The van der Waals surface area contributed by atoms with Gasteiger partial charge in [-0.3, -0.25) is 0 Å². The minimum atomic E-state index is -1.37. The van der Waals surface area contributed by atoms with Crippen LogP contribution in [0.2, 0.25) is 0 Å². The molecule has 1 aromatic rings. The van der Waals surface area contributed by atoms with E-state index >= 15 is 0 Å². The highest BCUT2D eigenvalue weighted by Gasteiger charge is 2.19. The molecule has 0 saturated heterocycles. The van der Waals surface area contributed by atoms with E-state index in [0.29, 0.717) is 15.7 Å². The molecular weight excluding hydrogens is 305 g/mol. The molecule has 1 rings (SSSR count). The number of hydrogen-bond donors (Lipinski definition) is 0. The summed E-state index contributed by atoms with van der Waals surface area (Å²) in [6.45, 7) is 7.16. The van der Waals surface area contributed by atoms with Gasteiger partial charge in [0.05, 0.1) is 10.5 Å². The average Bonchev–Trinajstić information content (AvgIpc) is 2.15. The molecule has 17 heavy (non-hydrogen) atoms. The van der Waals surface area contributed by atoms with E-state index in [1.165, 1.54) is 6.07 Å². The summed E-state index contributed by atoms with van der Waals surface area (Å²) in [5.41, 5.74) is 0.828. The molecule has 5 heteroatoms. The quantitative estimate of drug-likeness (QED) is 0.761. The molecule has 0 bridgehead atoms. The molecule has 0 heterocycles. The molecular formula is C12H15BrFNOS. The van der Waals surface area contributed by atoms with Crippen molar-refractivity contribution in [3.63, 3.8) is 0 Å². The van der Waals surface area contributed by atoms with Gasteiger partial charge in [-0.25, -0.2) is 8.60 Å². The molecule has 0 aliphatic rings. The van der Waals surface area contributed by atoms with Gasteiger partial charge in [-0.15, -0.1) is 0 Å². The van der Waals surface area contributed by atoms with Gasteiger partial charge in [-0.1, -0.05) is 15.9 Å². The molecule has 1 aromatic carbocycles. The summed E-state index contributed by atoms with van der Waals surface area (Å²) in [5, 5.41) is 0. The highest BCUT2D eigenvalue weighted by molar-refractivity contribution is 9.10. The van der Waals surface area contributed by atoms with Gasteiger partial charge in [-0.2, -0.15) is 4.40 Å². The Morgan fingerprint density at radius 3 is 2.47 bits per heavy atom. The van der Waals surface area contributed by atoms with Gasteiger partial charge >= 0.3 is 0 Å². The smallest absolute Gasteiger partial charge is 0.145 e. The van der Waals surface area contributed by atoms with Gasteiger partial charge in [0.15, 0.2) is 0 Å². The highest BCUT2D eigenvalue weighted by atomic mass is 79.9. The third-order valence-electron chi connectivity index (χ3n) is 2.06. The van der Waals surface area contributed by atoms with Crippen molar-refractivity contribution < 1.29 is 8.60 Å². The van der Waals surface area contributed by atoms with Crippen molar-refractivity contribution in [2.75, 3.05) is 0 Å². The Kier molecular flexibility index (Phi) is 4.61. The number of halogens is 2. The molecule has 2 nitrogen and oxygen atoms in total. The van der Waals surface area contributed by atoms with Crippen LogP contribution in [-0.2, 0) is 11.0 Å². The summed E-state index contributed by atoms with van der Waals surface area (Å²) >= 11 is 3.19. The molecule has 0 aliphatic heterocycles. The fourth-order valence-electron chi connectivity index (χ4n) is 1.09. The van der Waals surface area contributed by atoms with Crippen molar-refractivity contribution in [2.45, 2.75) is 32.4 Å². The van der Waals surface area contributed by atoms with E-state index < -0.39 is 15.7 Å². The zero-order chi connectivity index (χ0) is 13.2. The Balaban J connectivity index is 3.09. The molecule has 0 spiro atoms. The molecule has 0 amide bonds. The van der Waals surface area contributed by atoms with E-state index in [2.05, 4.69) is 20.3 Å². The highest BCUT2D eigenvalue weighted by Crippen LogP contribution is 2.18. The van der Waals surface area contributed by atoms with E-state index in [1.54, 1.807) is 19.1 Å². The largest absolute Gasteiger partial charge is 0.234 e. The monoisotopic (exact) mass is 319 g/mol. The van der Waals surface area contributed by atoms with E-state index in [9.17, 15) is 8.60 Å². The summed E-state index contributed by atoms with van der Waals surface area (Å²) in [6, 6.07) is 4.73. The molecule has 0 unspecified atom stereocenters. The van der Waals surface area contributed by atoms with Crippen LogP contribution in [0.25, 0.3) is 0 Å². The van der Waals surface area contributed by atoms with Crippen molar-refractivity contribution in [2.24, 2.45) is 4.40 Å². The first-order chi connectivity index (χ1) is 7.71. The van der Waals surface area contributed by atoms with Gasteiger partial charge in [0.1, 0.15) is 16.8 Å². The van der Waals surface area contributed by atoms with Crippen LogP contribution < -0.4 is 0 Å². The predicted molar refractivity (Wildman–Crippen MR) is 74.2 cm³/mol. The molecule has 94 valence electrons. The first kappa shape index (κ1) is 14.5. The van der Waals surface area contributed by atoms with Crippen LogP contribution in [0.15, 0.2) is 27.1 Å². The lowest BCUT2D eigenvalue weighted by Crippen LogP contribution is -2.20. The van der Waals surface area contributed by atoms with Crippen LogP contribution in [0.5, 0.6) is 0 Å². The fourth-order valence-corrected chi connectivity index (χ4v) is 2.05. The summed E-state index contributed by atoms with van der Waals surface area (Å²) < 4.78 is 29.7. The zero-order valence-corrected chi connectivity index (χ0v) is 12.7. The molecule has 0 aromatic heterocycles. The van der Waals surface area contributed by atoms with Gasteiger partial charge < -0.3 is 0 Å². The lowest BCUT2D eigenvalue weighted by molar-refractivity contribution is 0.624. The van der Waals surface area contributed by atoms with Crippen molar-refractivity contribution in [1.29, 1.82) is 0 Å². The van der Waals surface area contributed by atoms with Crippen LogP contribution >= 0.6 is 15.9 Å². The van der Waals surface area contributed by atoms with Crippen LogP contribution in [0.1, 0.15) is 33.3 Å². The Hall–Kier alpha value is -0.550. The SMILES string of the molecule is C/C(=N\[S@](=O)C(C)(C)C)c1ccc(Br)cc1F. The molecule has 1 atom stereocenters. The van der Waals surface area contributed by atoms with Gasteiger partial charge in [0, 0.05) is 10.0 Å². The minimum Gasteiger partial charge on any atom is -0.234 e. The third kappa shape index (κ3) is 4.00. The number of rotatable bonds is 2. The maximum absolute atomic E-state index is 13.6. The lowest BCUT2D eigenvalue weighted by Gasteiger charge is -2.14. The molecule has 0 N–H and O–H groups in total. The van der Waals surface area contributed by atoms with E-state index in [-0.39, 0.29) is 5.82 Å². The topological polar surface area (TPSA) is 29.4 Å². The first-order valence-electron chi connectivity index (χ1n) is 5.14. The third-order valence-corrected chi connectivity index (χ3v) is 4.05. The zero-order valence-electron chi connectivity index (χ0n) is 10.3. The fraction of sp³-hybridized carbons (Fsp3) is 0.417. The summed E-state index contributed by atoms with van der Waals surface area (Å²) in [7, 11) is -1.37. The Morgan fingerprint density at radius 1 is 1.41 bits per heavy atom. The van der Waals surface area contributed by atoms with E-state index in [1.807, 2.05) is 20.8 Å². The molecule has 0 fully saturated rings. The maximum atomic E-state index is 13.6. The van der Waals surface area contributed by atoms with Crippen molar-refractivity contribution in [3.8, 4) is 0 Å². The number of benzene rings is 1. The van der Waals surface area contributed by atoms with Gasteiger partial charge in [0.2, 0.25) is 0 Å². The summed E-state index contributed by atoms with van der Waals surface area (Å²) in [4.78, 5) is 0. The molecule has 0 saturated carbocycles. The molecule has 0 radical (unpaired) electrons. The summed E-state index contributed by atoms with van der Waals surface area (Å²) in [5.74, 6) is -0.369. The van der Waals surface area contributed by atoms with E-state index in [4.69, 9.17) is 0 Å². The van der Waals surface area contributed by atoms with Crippen LogP contribution in [-0.4, -0.2) is 14.7 Å².